The fourth-order valence-electron chi connectivity index (χ4n) is 1.11. The number of aromatic nitrogens is 4. The average molecular weight is 224 g/mol. The van der Waals surface area contributed by atoms with E-state index in [1.54, 1.807) is 41.9 Å². The molecule has 0 saturated heterocycles. The van der Waals surface area contributed by atoms with E-state index in [9.17, 15) is 0 Å². The Morgan fingerprint density at radius 1 is 1.12 bits per heavy atom. The number of aryl methyl sites for hydroxylation is 2. The van der Waals surface area contributed by atoms with E-state index in [2.05, 4.69) is 10.1 Å². The van der Waals surface area contributed by atoms with Crippen LogP contribution in [0.4, 0.5) is 0 Å². The Hall–Kier alpha value is -1.98. The molecule has 2 heterocycles. The van der Waals surface area contributed by atoms with Gasteiger partial charge in [0.05, 0.1) is 20.4 Å². The summed E-state index contributed by atoms with van der Waals surface area (Å²) in [6, 6.07) is 2.45. The zero-order valence-electron chi connectivity index (χ0n) is 9.91. The van der Waals surface area contributed by atoms with Crippen molar-refractivity contribution in [1.82, 2.24) is 19.3 Å². The Morgan fingerprint density at radius 3 is 2.12 bits per heavy atom. The summed E-state index contributed by atoms with van der Waals surface area (Å²) in [4.78, 5) is 3.88. The predicted molar refractivity (Wildman–Crippen MR) is 59.5 cm³/mol. The van der Waals surface area contributed by atoms with Crippen molar-refractivity contribution in [2.75, 3.05) is 14.2 Å². The number of hydrogen-bond acceptors (Lipinski definition) is 4. The van der Waals surface area contributed by atoms with Crippen molar-refractivity contribution in [3.05, 3.63) is 24.7 Å². The number of rotatable bonds is 2. The number of methoxy groups -OCH3 is 2. The monoisotopic (exact) mass is 224 g/mol. The minimum absolute atomic E-state index is 0.644. The molecule has 0 unspecified atom stereocenters. The summed E-state index contributed by atoms with van der Waals surface area (Å²) in [5.74, 6) is 0.782. The van der Waals surface area contributed by atoms with Crippen LogP contribution in [0, 0.1) is 0 Å². The fourth-order valence-corrected chi connectivity index (χ4v) is 1.11. The topological polar surface area (TPSA) is 54.1 Å². The Kier molecular flexibility index (Phi) is 4.38. The van der Waals surface area contributed by atoms with Gasteiger partial charge in [-0.15, -0.1) is 0 Å². The van der Waals surface area contributed by atoms with Crippen molar-refractivity contribution in [2.45, 2.75) is 0 Å². The molecule has 0 N–H and O–H groups in total. The quantitative estimate of drug-likeness (QED) is 0.759. The third kappa shape index (κ3) is 3.01. The molecule has 0 saturated carbocycles. The first kappa shape index (κ1) is 12.1. The summed E-state index contributed by atoms with van der Waals surface area (Å²) < 4.78 is 13.2. The van der Waals surface area contributed by atoms with Crippen LogP contribution in [0.5, 0.6) is 11.9 Å². The minimum Gasteiger partial charge on any atom is -0.481 e. The average Bonchev–Trinajstić information content (AvgIpc) is 2.87. The molecule has 0 bridgehead atoms. The van der Waals surface area contributed by atoms with E-state index in [-0.39, 0.29) is 0 Å². The van der Waals surface area contributed by atoms with Gasteiger partial charge in [-0.25, -0.2) is 9.67 Å². The van der Waals surface area contributed by atoms with Crippen molar-refractivity contribution in [2.24, 2.45) is 14.1 Å². The zero-order chi connectivity index (χ0) is 12.0. The molecule has 6 heteroatoms. The molecule has 0 atom stereocenters. The van der Waals surface area contributed by atoms with Gasteiger partial charge < -0.3 is 14.0 Å². The normalized spacial score (nSPS) is 9.25. The van der Waals surface area contributed by atoms with Gasteiger partial charge in [0.25, 0.3) is 6.01 Å². The molecule has 0 fully saturated rings. The molecule has 88 valence electrons. The van der Waals surface area contributed by atoms with Gasteiger partial charge in [0.2, 0.25) is 5.88 Å². The lowest BCUT2D eigenvalue weighted by Gasteiger charge is -1.95. The molecule has 0 aliphatic rings. The van der Waals surface area contributed by atoms with Crippen molar-refractivity contribution in [3.63, 3.8) is 0 Å². The van der Waals surface area contributed by atoms with E-state index in [0.29, 0.717) is 6.01 Å². The number of hydrogen-bond donors (Lipinski definition) is 0. The first-order chi connectivity index (χ1) is 7.69. The van der Waals surface area contributed by atoms with Crippen LogP contribution in [0.3, 0.4) is 0 Å². The standard InChI is InChI=1S/2C5H8N2O/c1-7-4-3-6-5(7)8-2;1-7-5(8-2)3-4-6-7/h2*3-4H,1-2H3. The van der Waals surface area contributed by atoms with Gasteiger partial charge >= 0.3 is 0 Å². The van der Waals surface area contributed by atoms with Gasteiger partial charge in [-0.3, -0.25) is 0 Å². The van der Waals surface area contributed by atoms with Crippen LogP contribution < -0.4 is 9.47 Å². The Bertz CT molecular complexity index is 382. The molecule has 2 aromatic rings. The van der Waals surface area contributed by atoms with Crippen LogP contribution >= 0.6 is 0 Å². The van der Waals surface area contributed by atoms with E-state index in [0.717, 1.165) is 5.88 Å². The molecule has 0 aromatic carbocycles. The largest absolute Gasteiger partial charge is 0.481 e. The lowest BCUT2D eigenvalue weighted by molar-refractivity contribution is 0.366. The number of nitrogens with zero attached hydrogens (tertiary/aromatic N) is 4. The summed E-state index contributed by atoms with van der Waals surface area (Å²) in [5.41, 5.74) is 0. The maximum absolute atomic E-state index is 4.89. The smallest absolute Gasteiger partial charge is 0.295 e. The molecular weight excluding hydrogens is 208 g/mol. The third-order valence-corrected chi connectivity index (χ3v) is 1.94. The van der Waals surface area contributed by atoms with Gasteiger partial charge in [0, 0.05) is 32.6 Å². The number of ether oxygens (including phenoxy) is 2. The minimum atomic E-state index is 0.644. The summed E-state index contributed by atoms with van der Waals surface area (Å²) in [6.07, 6.45) is 5.22. The molecule has 16 heavy (non-hydrogen) atoms. The van der Waals surface area contributed by atoms with Gasteiger partial charge in [-0.05, 0) is 0 Å². The zero-order valence-corrected chi connectivity index (χ0v) is 9.91. The van der Waals surface area contributed by atoms with E-state index in [1.165, 1.54) is 0 Å². The second kappa shape index (κ2) is 5.79. The highest BCUT2D eigenvalue weighted by molar-refractivity contribution is 5.05. The molecule has 0 amide bonds. The second-order valence-electron chi connectivity index (χ2n) is 3.02. The van der Waals surface area contributed by atoms with Gasteiger partial charge in [-0.1, -0.05) is 0 Å². The van der Waals surface area contributed by atoms with Gasteiger partial charge in [0.15, 0.2) is 0 Å². The van der Waals surface area contributed by atoms with Crippen molar-refractivity contribution < 1.29 is 9.47 Å². The fraction of sp³-hybridized carbons (Fsp3) is 0.400. The van der Waals surface area contributed by atoms with E-state index in [1.807, 2.05) is 20.3 Å². The molecule has 0 radical (unpaired) electrons. The molecular formula is C10H16N4O2. The Labute approximate surface area is 94.4 Å². The first-order valence-corrected chi connectivity index (χ1v) is 4.72. The summed E-state index contributed by atoms with van der Waals surface area (Å²) in [7, 11) is 6.93. The maximum atomic E-state index is 4.89. The lowest BCUT2D eigenvalue weighted by atomic mass is 10.7. The highest BCUT2D eigenvalue weighted by Crippen LogP contribution is 2.03. The summed E-state index contributed by atoms with van der Waals surface area (Å²) >= 11 is 0. The Balaban J connectivity index is 0.000000160. The Morgan fingerprint density at radius 2 is 1.88 bits per heavy atom. The van der Waals surface area contributed by atoms with E-state index in [4.69, 9.17) is 9.47 Å². The molecule has 0 aliphatic carbocycles. The second-order valence-corrected chi connectivity index (χ2v) is 3.02. The van der Waals surface area contributed by atoms with Crippen LogP contribution in [0.25, 0.3) is 0 Å². The molecule has 6 nitrogen and oxygen atoms in total. The van der Waals surface area contributed by atoms with Crippen LogP contribution in [0.15, 0.2) is 24.7 Å². The highest BCUT2D eigenvalue weighted by atomic mass is 16.5. The maximum Gasteiger partial charge on any atom is 0.295 e. The van der Waals surface area contributed by atoms with Crippen molar-refractivity contribution in [3.8, 4) is 11.9 Å². The molecule has 0 aliphatic heterocycles. The third-order valence-electron chi connectivity index (χ3n) is 1.94. The van der Waals surface area contributed by atoms with Crippen LogP contribution in [0.1, 0.15) is 0 Å². The predicted octanol–water partition coefficient (Wildman–Crippen LogP) is 0.857. The summed E-state index contributed by atoms with van der Waals surface area (Å²) in [6.45, 7) is 0. The van der Waals surface area contributed by atoms with Crippen LogP contribution in [-0.4, -0.2) is 33.6 Å². The SMILES string of the molecule is COc1ccnn1C.COc1nccn1C. The van der Waals surface area contributed by atoms with Crippen molar-refractivity contribution in [1.29, 1.82) is 0 Å². The molecule has 0 spiro atoms. The first-order valence-electron chi connectivity index (χ1n) is 4.72. The van der Waals surface area contributed by atoms with Gasteiger partial charge in [-0.2, -0.15) is 5.10 Å². The van der Waals surface area contributed by atoms with Crippen LogP contribution in [-0.2, 0) is 14.1 Å². The summed E-state index contributed by atoms with van der Waals surface area (Å²) in [5, 5.41) is 3.88. The van der Waals surface area contributed by atoms with E-state index >= 15 is 0 Å². The lowest BCUT2D eigenvalue weighted by Crippen LogP contribution is -1.93. The van der Waals surface area contributed by atoms with Crippen molar-refractivity contribution >= 4 is 0 Å². The molecule has 2 rings (SSSR count). The van der Waals surface area contributed by atoms with Gasteiger partial charge in [0.1, 0.15) is 0 Å². The number of imidazole rings is 1. The van der Waals surface area contributed by atoms with Crippen LogP contribution in [0.2, 0.25) is 0 Å². The van der Waals surface area contributed by atoms with E-state index < -0.39 is 0 Å². The highest BCUT2D eigenvalue weighted by Gasteiger charge is 1.92. The molecule has 2 aromatic heterocycles.